The van der Waals surface area contributed by atoms with Gasteiger partial charge in [0.25, 0.3) is 0 Å². The minimum Gasteiger partial charge on any atom is -0.456 e. The van der Waals surface area contributed by atoms with Crippen molar-refractivity contribution in [1.29, 1.82) is 0 Å². The van der Waals surface area contributed by atoms with Crippen LogP contribution >= 0.6 is 0 Å². The molecule has 64 heavy (non-hydrogen) atoms. The van der Waals surface area contributed by atoms with Crippen LogP contribution in [0.4, 0.5) is 17.2 Å². The Morgan fingerprint density at radius 3 is 1.69 bits per heavy atom. The first-order chi connectivity index (χ1) is 31.7. The van der Waals surface area contributed by atoms with Gasteiger partial charge in [0.2, 0.25) is 0 Å². The number of aromatic nitrogens is 2. The van der Waals surface area contributed by atoms with E-state index in [4.69, 9.17) is 14.4 Å². The topological polar surface area (TPSA) is 42.2 Å². The van der Waals surface area contributed by atoms with Crippen LogP contribution < -0.4 is 46.4 Å². The lowest BCUT2D eigenvalue weighted by atomic mass is 10.1. The van der Waals surface area contributed by atoms with Crippen molar-refractivity contribution in [2.45, 2.75) is 0 Å². The molecule has 1 aliphatic heterocycles. The summed E-state index contributed by atoms with van der Waals surface area (Å²) in [7, 11) is -6.05. The van der Waals surface area contributed by atoms with Crippen LogP contribution in [0.3, 0.4) is 0 Å². The molecular weight excluding hydrogens is 811 g/mol. The zero-order valence-electron chi connectivity index (χ0n) is 34.9. The lowest BCUT2D eigenvalue weighted by Crippen LogP contribution is -2.77. The predicted octanol–water partition coefficient (Wildman–Crippen LogP) is 8.58. The summed E-state index contributed by atoms with van der Waals surface area (Å²) in [5.74, 6) is 0.947. The summed E-state index contributed by atoms with van der Waals surface area (Å²) in [4.78, 5) is 12.6. The summed E-state index contributed by atoms with van der Waals surface area (Å²) in [6.07, 6.45) is 3.83. The van der Waals surface area contributed by atoms with Gasteiger partial charge in [-0.2, -0.15) is 0 Å². The number of hydrogen-bond acceptors (Lipinski definition) is 4. The minimum atomic E-state index is -3.03. The number of hydrogen-bond donors (Lipinski definition) is 0. The van der Waals surface area contributed by atoms with Crippen molar-refractivity contribution in [3.63, 3.8) is 0 Å². The van der Waals surface area contributed by atoms with E-state index in [-0.39, 0.29) is 0 Å². The smallest absolute Gasteiger partial charge is 0.186 e. The van der Waals surface area contributed by atoms with Crippen LogP contribution in [0.25, 0.3) is 33.2 Å². The normalized spacial score (nSPS) is 13.1. The molecule has 0 bridgehead atoms. The highest BCUT2D eigenvalue weighted by Gasteiger charge is 2.50. The van der Waals surface area contributed by atoms with E-state index >= 15 is 0 Å². The Balaban J connectivity index is 1.18. The molecule has 0 saturated heterocycles. The van der Waals surface area contributed by atoms with Gasteiger partial charge in [0.15, 0.2) is 16.1 Å². The average molecular weight is 852 g/mol. The van der Waals surface area contributed by atoms with E-state index in [0.717, 1.165) is 50.4 Å². The van der Waals surface area contributed by atoms with Crippen LogP contribution in [0.1, 0.15) is 0 Å². The second-order valence-corrected chi connectivity index (χ2v) is 24.0. The summed E-state index contributed by atoms with van der Waals surface area (Å²) >= 11 is 0. The molecule has 4 heterocycles. The van der Waals surface area contributed by atoms with Crippen LogP contribution in [0.2, 0.25) is 0 Å². The zero-order chi connectivity index (χ0) is 42.5. The van der Waals surface area contributed by atoms with Crippen LogP contribution in [0.5, 0.6) is 0 Å². The highest BCUT2D eigenvalue weighted by molar-refractivity contribution is 7.21. The zero-order valence-corrected chi connectivity index (χ0v) is 36.9. The van der Waals surface area contributed by atoms with Gasteiger partial charge >= 0.3 is 0 Å². The lowest BCUT2D eigenvalue weighted by Gasteiger charge is -2.44. The molecule has 4 nitrogen and oxygen atoms in total. The summed E-state index contributed by atoms with van der Waals surface area (Å²) in [6.45, 7) is 0. The van der Waals surface area contributed by atoms with Gasteiger partial charge in [-0.1, -0.05) is 188 Å². The Labute approximate surface area is 374 Å². The number of fused-ring (bicyclic) bond motifs is 5. The third-order valence-electron chi connectivity index (χ3n) is 13.2. The van der Waals surface area contributed by atoms with E-state index in [1.54, 1.807) is 0 Å². The van der Waals surface area contributed by atoms with Crippen molar-refractivity contribution >= 4 is 96.8 Å². The third-order valence-corrected chi connectivity index (χ3v) is 22.7. The van der Waals surface area contributed by atoms with Crippen LogP contribution in [0.15, 0.2) is 253 Å². The molecule has 3 aromatic heterocycles. The van der Waals surface area contributed by atoms with Crippen molar-refractivity contribution in [2.24, 2.45) is 0 Å². The van der Waals surface area contributed by atoms with Crippen molar-refractivity contribution < 1.29 is 4.42 Å². The molecule has 0 N–H and O–H groups in total. The van der Waals surface area contributed by atoms with Crippen LogP contribution in [-0.4, -0.2) is 26.1 Å². The van der Waals surface area contributed by atoms with Crippen molar-refractivity contribution in [3.8, 4) is 11.3 Å². The van der Waals surface area contributed by atoms with Gasteiger partial charge in [-0.05, 0) is 90.0 Å². The number of nitrogens with zero attached hydrogens (tertiary/aromatic N) is 3. The Morgan fingerprint density at radius 2 is 1.00 bits per heavy atom. The van der Waals surface area contributed by atoms with Crippen molar-refractivity contribution in [2.75, 3.05) is 4.90 Å². The fourth-order valence-electron chi connectivity index (χ4n) is 10.5. The monoisotopic (exact) mass is 851 g/mol. The summed E-state index contributed by atoms with van der Waals surface area (Å²) in [5.41, 5.74) is 5.99. The fourth-order valence-corrected chi connectivity index (χ4v) is 20.3. The van der Waals surface area contributed by atoms with E-state index in [1.165, 1.54) is 41.5 Å². The number of rotatable bonds is 8. The summed E-state index contributed by atoms with van der Waals surface area (Å²) < 4.78 is 6.75. The largest absolute Gasteiger partial charge is 0.456 e. The van der Waals surface area contributed by atoms with E-state index in [2.05, 4.69) is 235 Å². The maximum Gasteiger partial charge on any atom is 0.186 e. The quantitative estimate of drug-likeness (QED) is 0.114. The number of pyridine rings is 2. The van der Waals surface area contributed by atoms with Crippen LogP contribution in [0, 0.1) is 0 Å². The molecular formula is C58H41N3OSi2. The van der Waals surface area contributed by atoms with Gasteiger partial charge < -0.3 is 4.42 Å². The molecule has 0 radical (unpaired) electrons. The maximum atomic E-state index is 6.75. The second-order valence-electron chi connectivity index (χ2n) is 16.5. The molecule has 0 aliphatic carbocycles. The Morgan fingerprint density at radius 1 is 0.406 bits per heavy atom. The first kappa shape index (κ1) is 37.8. The van der Waals surface area contributed by atoms with Gasteiger partial charge in [-0.3, -0.25) is 9.88 Å². The van der Waals surface area contributed by atoms with Gasteiger partial charge in [-0.25, -0.2) is 4.98 Å². The number of benzene rings is 8. The number of anilines is 3. The fraction of sp³-hybridized carbons (Fsp3) is 0. The predicted molar refractivity (Wildman–Crippen MR) is 270 cm³/mol. The molecule has 0 unspecified atom stereocenters. The van der Waals surface area contributed by atoms with E-state index in [1.807, 2.05) is 18.5 Å². The molecule has 1 aliphatic rings. The Kier molecular flexibility index (Phi) is 9.14. The highest BCUT2D eigenvalue weighted by atomic mass is 28.3. The first-order valence-electron chi connectivity index (χ1n) is 21.8. The van der Waals surface area contributed by atoms with Gasteiger partial charge in [0.05, 0.1) is 5.69 Å². The number of para-hydroxylation sites is 1. The summed E-state index contributed by atoms with van der Waals surface area (Å²) in [6, 6.07) is 86.7. The SMILES string of the molecule is c1ccc([Si](c2ccccc2)(c2cccc(-c3ccccn3)c2)c2cccc(N3c4cc5c(cc4[Si](c4ccccc4)(c4ccccc4)c4cccnc43)oc3ccccc35)c2)cc1. The van der Waals surface area contributed by atoms with Gasteiger partial charge in [-0.15, -0.1) is 0 Å². The number of furan rings is 1. The highest BCUT2D eigenvalue weighted by Crippen LogP contribution is 2.41. The molecule has 0 saturated carbocycles. The molecule has 6 heteroatoms. The molecule has 11 aromatic rings. The van der Waals surface area contributed by atoms with E-state index in [0.29, 0.717) is 0 Å². The molecule has 302 valence electrons. The molecule has 0 fully saturated rings. The van der Waals surface area contributed by atoms with Crippen molar-refractivity contribution in [1.82, 2.24) is 9.97 Å². The van der Waals surface area contributed by atoms with E-state index in [9.17, 15) is 0 Å². The third kappa shape index (κ3) is 5.80. The molecule has 12 rings (SSSR count). The Bertz CT molecular complexity index is 3370. The van der Waals surface area contributed by atoms with Crippen molar-refractivity contribution in [3.05, 3.63) is 249 Å². The molecule has 0 amide bonds. The first-order valence-corrected chi connectivity index (χ1v) is 25.8. The molecule has 0 atom stereocenters. The second kappa shape index (κ2) is 15.5. The van der Waals surface area contributed by atoms with Crippen LogP contribution in [-0.2, 0) is 0 Å². The van der Waals surface area contributed by atoms with Gasteiger partial charge in [0, 0.05) is 40.1 Å². The molecule has 8 aromatic carbocycles. The molecule has 0 spiro atoms. The Hall–Kier alpha value is -7.91. The van der Waals surface area contributed by atoms with Gasteiger partial charge in [0.1, 0.15) is 17.0 Å². The summed E-state index contributed by atoms with van der Waals surface area (Å²) in [5, 5.41) is 12.4. The minimum absolute atomic E-state index is 0.880. The lowest BCUT2D eigenvalue weighted by molar-refractivity contribution is 0.669. The van der Waals surface area contributed by atoms with E-state index < -0.39 is 16.1 Å². The maximum absolute atomic E-state index is 6.75. The average Bonchev–Trinajstić information content (AvgIpc) is 3.74. The standard InChI is InChI=1S/C58H41N3OSi2/c1-5-22-44(23-6-1)63(45-24-7-2-8-25-45,48-30-17-20-42(38-48)52-33-15-16-36-59-52)49-31-18-21-43(39-49)61-53-40-51-50-32-13-14-34-54(50)62-55(51)41-57(53)64(46-26-9-3-10-27-46,47-28-11-4-12-29-47)56-35-19-37-60-58(56)61/h1-41H.